The Morgan fingerprint density at radius 1 is 1.26 bits per heavy atom. The van der Waals surface area contributed by atoms with Crippen LogP contribution in [-0.4, -0.2) is 29.7 Å². The van der Waals surface area contributed by atoms with E-state index in [0.717, 1.165) is 25.8 Å². The van der Waals surface area contributed by atoms with Crippen LogP contribution in [0.25, 0.3) is 0 Å². The number of anilines is 2. The van der Waals surface area contributed by atoms with Crippen LogP contribution >= 0.6 is 0 Å². The first-order valence-corrected chi connectivity index (χ1v) is 6.64. The summed E-state index contributed by atoms with van der Waals surface area (Å²) >= 11 is 0. The molecule has 0 atom stereocenters. The number of nitrogens with one attached hydrogen (secondary N) is 2. The fraction of sp³-hybridized carbons (Fsp3) is 0.538. The molecular formula is C13H20N4O2. The average Bonchev–Trinajstić information content (AvgIpc) is 2.69. The Morgan fingerprint density at radius 3 is 2.74 bits per heavy atom. The zero-order valence-electron chi connectivity index (χ0n) is 11.2. The Morgan fingerprint density at radius 2 is 2.05 bits per heavy atom. The molecule has 1 aliphatic heterocycles. The Hall–Kier alpha value is -1.98. The van der Waals surface area contributed by atoms with E-state index in [4.69, 9.17) is 0 Å². The van der Waals surface area contributed by atoms with Gasteiger partial charge in [0, 0.05) is 13.1 Å². The zero-order valence-corrected chi connectivity index (χ0v) is 11.2. The van der Waals surface area contributed by atoms with Crippen molar-refractivity contribution in [2.45, 2.75) is 26.2 Å². The summed E-state index contributed by atoms with van der Waals surface area (Å²) in [6.45, 7) is 7.90. The lowest BCUT2D eigenvalue weighted by Crippen LogP contribution is -2.32. The van der Waals surface area contributed by atoms with Gasteiger partial charge in [0.25, 0.3) is 5.56 Å². The topological polar surface area (TPSA) is 72.2 Å². The maximum Gasteiger partial charge on any atom is 0.327 e. The lowest BCUT2D eigenvalue weighted by Gasteiger charge is -2.19. The van der Waals surface area contributed by atoms with Crippen molar-refractivity contribution in [2.24, 2.45) is 0 Å². The molecular weight excluding hydrogens is 244 g/mol. The van der Waals surface area contributed by atoms with Crippen LogP contribution < -0.4 is 21.0 Å². The maximum atomic E-state index is 11.9. The maximum absolute atomic E-state index is 11.9. The molecule has 0 aromatic carbocycles. The van der Waals surface area contributed by atoms with Crippen molar-refractivity contribution in [3.05, 3.63) is 33.5 Å². The van der Waals surface area contributed by atoms with Gasteiger partial charge in [0.1, 0.15) is 11.5 Å². The third-order valence-corrected chi connectivity index (χ3v) is 3.25. The molecule has 0 aliphatic carbocycles. The summed E-state index contributed by atoms with van der Waals surface area (Å²) in [5.74, 6) is 0.631. The smallest absolute Gasteiger partial charge is 0.327 e. The van der Waals surface area contributed by atoms with E-state index in [1.807, 2.05) is 9.80 Å². The monoisotopic (exact) mass is 264 g/mol. The van der Waals surface area contributed by atoms with Gasteiger partial charge in [-0.15, -0.1) is 6.58 Å². The molecule has 0 amide bonds. The molecule has 0 radical (unpaired) electrons. The van der Waals surface area contributed by atoms with Crippen molar-refractivity contribution in [1.29, 1.82) is 0 Å². The van der Waals surface area contributed by atoms with Gasteiger partial charge in [-0.2, -0.15) is 0 Å². The van der Waals surface area contributed by atoms with E-state index in [-0.39, 0.29) is 5.56 Å². The summed E-state index contributed by atoms with van der Waals surface area (Å²) in [6.07, 6.45) is 5.08. The van der Waals surface area contributed by atoms with Crippen LogP contribution in [0.1, 0.15) is 26.2 Å². The summed E-state index contributed by atoms with van der Waals surface area (Å²) in [7, 11) is 0. The normalized spacial score (nSPS) is 13.7. The Balaban J connectivity index is 2.30. The average molecular weight is 264 g/mol. The first-order chi connectivity index (χ1) is 9.17. The largest absolute Gasteiger partial charge is 0.343 e. The minimum Gasteiger partial charge on any atom is -0.343 e. The van der Waals surface area contributed by atoms with Gasteiger partial charge < -0.3 is 9.80 Å². The number of hydrogen-bond donors (Lipinski definition) is 2. The van der Waals surface area contributed by atoms with Crippen LogP contribution in [0.4, 0.5) is 11.5 Å². The van der Waals surface area contributed by atoms with Crippen molar-refractivity contribution >= 4 is 11.5 Å². The number of fused-ring (bicyclic) bond motifs is 1. The second kappa shape index (κ2) is 5.77. The van der Waals surface area contributed by atoms with Crippen LogP contribution in [0, 0.1) is 0 Å². The van der Waals surface area contributed by atoms with Crippen molar-refractivity contribution in [3.8, 4) is 0 Å². The van der Waals surface area contributed by atoms with Gasteiger partial charge in [-0.3, -0.25) is 14.8 Å². The molecule has 104 valence electrons. The fourth-order valence-corrected chi connectivity index (χ4v) is 2.38. The number of aromatic amines is 2. The second-order valence-corrected chi connectivity index (χ2v) is 4.73. The molecule has 0 saturated carbocycles. The molecule has 1 aromatic heterocycles. The van der Waals surface area contributed by atoms with Gasteiger partial charge in [0.2, 0.25) is 0 Å². The van der Waals surface area contributed by atoms with E-state index >= 15 is 0 Å². The third kappa shape index (κ3) is 2.72. The summed E-state index contributed by atoms with van der Waals surface area (Å²) in [4.78, 5) is 32.3. The molecule has 6 nitrogen and oxygen atoms in total. The summed E-state index contributed by atoms with van der Waals surface area (Å²) < 4.78 is 0. The third-order valence-electron chi connectivity index (χ3n) is 3.25. The van der Waals surface area contributed by atoms with Crippen molar-refractivity contribution in [1.82, 2.24) is 9.97 Å². The van der Waals surface area contributed by atoms with E-state index in [1.54, 1.807) is 6.08 Å². The molecule has 2 heterocycles. The number of H-pyrrole nitrogens is 2. The first kappa shape index (κ1) is 13.5. The Kier molecular flexibility index (Phi) is 4.09. The van der Waals surface area contributed by atoms with Crippen LogP contribution in [-0.2, 0) is 0 Å². The van der Waals surface area contributed by atoms with E-state index in [0.29, 0.717) is 24.7 Å². The minimum atomic E-state index is -0.454. The molecule has 2 rings (SSSR count). The summed E-state index contributed by atoms with van der Waals surface area (Å²) in [5.41, 5.74) is -0.251. The van der Waals surface area contributed by atoms with E-state index in [1.165, 1.54) is 0 Å². The highest BCUT2D eigenvalue weighted by atomic mass is 16.2. The minimum absolute atomic E-state index is 0.335. The molecule has 19 heavy (non-hydrogen) atoms. The molecule has 0 fully saturated rings. The van der Waals surface area contributed by atoms with Gasteiger partial charge in [-0.1, -0.05) is 25.8 Å². The Bertz CT molecular complexity index is 560. The van der Waals surface area contributed by atoms with Crippen LogP contribution in [0.2, 0.25) is 0 Å². The van der Waals surface area contributed by atoms with Gasteiger partial charge >= 0.3 is 5.69 Å². The van der Waals surface area contributed by atoms with Gasteiger partial charge in [0.15, 0.2) is 0 Å². The molecule has 0 unspecified atom stereocenters. The highest BCUT2D eigenvalue weighted by Crippen LogP contribution is 2.29. The zero-order chi connectivity index (χ0) is 13.8. The second-order valence-electron chi connectivity index (χ2n) is 4.73. The van der Waals surface area contributed by atoms with Crippen molar-refractivity contribution in [2.75, 3.05) is 29.6 Å². The molecule has 1 aliphatic rings. The quantitative estimate of drug-likeness (QED) is 0.594. The molecule has 2 N–H and O–H groups in total. The van der Waals surface area contributed by atoms with Crippen LogP contribution in [0.15, 0.2) is 22.2 Å². The highest BCUT2D eigenvalue weighted by molar-refractivity contribution is 5.71. The molecule has 6 heteroatoms. The summed E-state index contributed by atoms with van der Waals surface area (Å²) in [6, 6.07) is 0. The van der Waals surface area contributed by atoms with Gasteiger partial charge in [0.05, 0.1) is 6.67 Å². The van der Waals surface area contributed by atoms with E-state index in [9.17, 15) is 9.59 Å². The standard InChI is InChI=1S/C13H20N4O2/c1-3-5-6-8-17-9-16(7-4-2)10-11(17)14-13(19)15-12(10)18/h4H,2-3,5-9H2,1H3,(H2,14,15,18,19). The molecule has 0 saturated heterocycles. The van der Waals surface area contributed by atoms with Gasteiger partial charge in [-0.05, 0) is 6.42 Å². The van der Waals surface area contributed by atoms with Crippen molar-refractivity contribution in [3.63, 3.8) is 0 Å². The van der Waals surface area contributed by atoms with E-state index < -0.39 is 5.69 Å². The van der Waals surface area contributed by atoms with E-state index in [2.05, 4.69) is 23.5 Å². The van der Waals surface area contributed by atoms with Crippen LogP contribution in [0.3, 0.4) is 0 Å². The highest BCUT2D eigenvalue weighted by Gasteiger charge is 2.28. The molecule has 1 aromatic rings. The van der Waals surface area contributed by atoms with Crippen molar-refractivity contribution < 1.29 is 0 Å². The molecule has 0 spiro atoms. The number of nitrogens with zero attached hydrogens (tertiary/aromatic N) is 2. The fourth-order valence-electron chi connectivity index (χ4n) is 2.38. The summed E-state index contributed by atoms with van der Waals surface area (Å²) in [5, 5.41) is 0. The lowest BCUT2D eigenvalue weighted by atomic mass is 10.2. The number of aromatic nitrogens is 2. The number of rotatable bonds is 6. The Labute approximate surface area is 111 Å². The molecule has 0 bridgehead atoms. The van der Waals surface area contributed by atoms with Crippen LogP contribution in [0.5, 0.6) is 0 Å². The predicted octanol–water partition coefficient (Wildman–Crippen LogP) is 1.02. The van der Waals surface area contributed by atoms with Gasteiger partial charge in [-0.25, -0.2) is 4.79 Å². The number of hydrogen-bond acceptors (Lipinski definition) is 4. The lowest BCUT2D eigenvalue weighted by molar-refractivity contribution is 0.677. The predicted molar refractivity (Wildman–Crippen MR) is 77.0 cm³/mol. The first-order valence-electron chi connectivity index (χ1n) is 6.64. The number of unbranched alkanes of at least 4 members (excludes halogenated alkanes) is 2. The SMILES string of the molecule is C=CCN1CN(CCCCC)c2[nH]c(=O)[nH]c(=O)c21.